The summed E-state index contributed by atoms with van der Waals surface area (Å²) < 4.78 is 28.6. The first kappa shape index (κ1) is 21.6. The number of carbonyl (C=O) groups is 2. The van der Waals surface area contributed by atoms with Crippen molar-refractivity contribution in [3.05, 3.63) is 23.3 Å². The Kier molecular flexibility index (Phi) is 10.6. The van der Waals surface area contributed by atoms with Crippen molar-refractivity contribution in [1.29, 1.82) is 0 Å². The van der Waals surface area contributed by atoms with Crippen molar-refractivity contribution in [2.75, 3.05) is 28.4 Å². The van der Waals surface area contributed by atoms with E-state index in [1.165, 1.54) is 34.5 Å². The van der Waals surface area contributed by atoms with E-state index in [4.69, 9.17) is 14.0 Å². The molecular formula is C13H16Cl2O7S. The molecule has 0 amide bonds. The van der Waals surface area contributed by atoms with Gasteiger partial charge in [0.25, 0.3) is 0 Å². The van der Waals surface area contributed by atoms with Gasteiger partial charge < -0.3 is 23.5 Å². The molecule has 130 valence electrons. The van der Waals surface area contributed by atoms with Gasteiger partial charge in [-0.25, -0.2) is 4.79 Å². The second-order valence-corrected chi connectivity index (χ2v) is 6.32. The largest absolute Gasteiger partial charge is 0.582 e. The zero-order valence-electron chi connectivity index (χ0n) is 12.9. The van der Waals surface area contributed by atoms with Crippen LogP contribution in [0, 0.1) is 0 Å². The summed E-state index contributed by atoms with van der Waals surface area (Å²) in [6.07, 6.45) is -0.0543. The van der Waals surface area contributed by atoms with Gasteiger partial charge in [0.15, 0.2) is 42.5 Å². The predicted molar refractivity (Wildman–Crippen MR) is 86.5 cm³/mol. The average molecular weight is 387 g/mol. The van der Waals surface area contributed by atoms with E-state index in [2.05, 4.69) is 30.8 Å². The van der Waals surface area contributed by atoms with Gasteiger partial charge in [0.2, 0.25) is 0 Å². The molecule has 10 heteroatoms. The van der Waals surface area contributed by atoms with Crippen LogP contribution in [0.2, 0.25) is 0 Å². The van der Waals surface area contributed by atoms with Crippen LogP contribution >= 0.6 is 21.4 Å². The minimum absolute atomic E-state index is 0.0543. The second-order valence-electron chi connectivity index (χ2n) is 3.79. The summed E-state index contributed by atoms with van der Waals surface area (Å²) in [4.78, 5) is 23.1. The highest BCUT2D eigenvalue weighted by Gasteiger charge is 2.19. The SMILES string of the molecule is COC(=O)Cc1cc(OC)c(OC)cc1C(=O)OC.[O-][S+](Cl)Cl. The van der Waals surface area contributed by atoms with Crippen LogP contribution in [0.5, 0.6) is 11.5 Å². The lowest BCUT2D eigenvalue weighted by Gasteiger charge is -2.13. The van der Waals surface area contributed by atoms with Gasteiger partial charge in [0.1, 0.15) is 0 Å². The number of benzene rings is 1. The van der Waals surface area contributed by atoms with Crippen molar-refractivity contribution in [2.24, 2.45) is 0 Å². The number of methoxy groups -OCH3 is 4. The minimum Gasteiger partial charge on any atom is -0.582 e. The number of esters is 2. The molecule has 23 heavy (non-hydrogen) atoms. The molecule has 1 aromatic rings. The number of ether oxygens (including phenoxy) is 4. The van der Waals surface area contributed by atoms with E-state index >= 15 is 0 Å². The van der Waals surface area contributed by atoms with Crippen LogP contribution in [0.25, 0.3) is 0 Å². The third-order valence-corrected chi connectivity index (χ3v) is 2.58. The second kappa shape index (κ2) is 11.2. The molecule has 0 spiro atoms. The van der Waals surface area contributed by atoms with Gasteiger partial charge in [-0.3, -0.25) is 4.79 Å². The molecule has 0 aliphatic heterocycles. The smallest absolute Gasteiger partial charge is 0.338 e. The maximum atomic E-state index is 11.7. The van der Waals surface area contributed by atoms with Crippen LogP contribution in [0.1, 0.15) is 15.9 Å². The van der Waals surface area contributed by atoms with Crippen LogP contribution in [0.3, 0.4) is 0 Å². The number of carbonyl (C=O) groups excluding carboxylic acids is 2. The monoisotopic (exact) mass is 386 g/mol. The normalized spacial score (nSPS) is 9.57. The van der Waals surface area contributed by atoms with Crippen LogP contribution in [0.4, 0.5) is 0 Å². The predicted octanol–water partition coefficient (Wildman–Crippen LogP) is 2.25. The summed E-state index contributed by atoms with van der Waals surface area (Å²) in [7, 11) is 12.8. The molecule has 0 radical (unpaired) electrons. The lowest BCUT2D eigenvalue weighted by molar-refractivity contribution is -0.139. The molecule has 0 atom stereocenters. The van der Waals surface area contributed by atoms with Crippen molar-refractivity contribution >= 4 is 42.9 Å². The van der Waals surface area contributed by atoms with E-state index in [1.807, 2.05) is 0 Å². The first-order chi connectivity index (χ1) is 10.8. The molecule has 0 aromatic heterocycles. The van der Waals surface area contributed by atoms with Gasteiger partial charge in [-0.2, -0.15) is 0 Å². The molecule has 0 N–H and O–H groups in total. The lowest BCUT2D eigenvalue weighted by Crippen LogP contribution is -2.12. The van der Waals surface area contributed by atoms with Crippen LogP contribution in [-0.4, -0.2) is 44.9 Å². The zero-order chi connectivity index (χ0) is 18.0. The highest BCUT2D eigenvalue weighted by Crippen LogP contribution is 2.31. The Labute approximate surface area is 145 Å². The first-order valence-corrected chi connectivity index (χ1v) is 8.75. The van der Waals surface area contributed by atoms with E-state index < -0.39 is 21.5 Å². The van der Waals surface area contributed by atoms with Crippen molar-refractivity contribution in [1.82, 2.24) is 0 Å². The lowest BCUT2D eigenvalue weighted by atomic mass is 10.0. The van der Waals surface area contributed by atoms with Gasteiger partial charge in [0.05, 0.1) is 40.4 Å². The molecule has 1 aromatic carbocycles. The molecule has 0 fully saturated rings. The van der Waals surface area contributed by atoms with Gasteiger partial charge in [-0.15, -0.1) is 0 Å². The fourth-order valence-corrected chi connectivity index (χ4v) is 1.59. The molecule has 0 heterocycles. The Morgan fingerprint density at radius 3 is 1.91 bits per heavy atom. The van der Waals surface area contributed by atoms with Crippen LogP contribution in [0.15, 0.2) is 12.1 Å². The molecule has 0 bridgehead atoms. The standard InChI is InChI=1S/C13H16O6.Cl2OS/c1-16-10-5-8(6-12(14)18-3)9(13(15)19-4)7-11(10)17-2;1-4(2)3/h5,7H,6H2,1-4H3;. The summed E-state index contributed by atoms with van der Waals surface area (Å²) >= 11 is 0. The Balaban J connectivity index is 0.00000108. The minimum atomic E-state index is -1.67. The van der Waals surface area contributed by atoms with E-state index in [1.54, 1.807) is 6.07 Å². The van der Waals surface area contributed by atoms with E-state index in [9.17, 15) is 9.59 Å². The fraction of sp³-hybridized carbons (Fsp3) is 0.385. The molecule has 7 nitrogen and oxygen atoms in total. The molecule has 0 aliphatic rings. The maximum absolute atomic E-state index is 11.7. The average Bonchev–Trinajstić information content (AvgIpc) is 2.52. The third kappa shape index (κ3) is 7.65. The number of hydrogen-bond donors (Lipinski definition) is 0. The van der Waals surface area contributed by atoms with Crippen molar-refractivity contribution in [3.63, 3.8) is 0 Å². The summed E-state index contributed by atoms with van der Waals surface area (Å²) in [5.41, 5.74) is 0.696. The fourth-order valence-electron chi connectivity index (χ4n) is 1.59. The van der Waals surface area contributed by atoms with E-state index in [-0.39, 0.29) is 12.0 Å². The Morgan fingerprint density at radius 2 is 1.52 bits per heavy atom. The first-order valence-electron chi connectivity index (χ1n) is 5.94. The Bertz CT molecular complexity index is 535. The van der Waals surface area contributed by atoms with Crippen molar-refractivity contribution in [3.8, 4) is 11.5 Å². The topological polar surface area (TPSA) is 94.1 Å². The molecule has 0 aliphatic carbocycles. The highest BCUT2D eigenvalue weighted by atomic mass is 36.0. The van der Waals surface area contributed by atoms with Crippen LogP contribution in [-0.2, 0) is 30.3 Å². The Morgan fingerprint density at radius 1 is 1.04 bits per heavy atom. The van der Waals surface area contributed by atoms with Crippen molar-refractivity contribution < 1.29 is 33.1 Å². The maximum Gasteiger partial charge on any atom is 0.338 e. The van der Waals surface area contributed by atoms with Crippen LogP contribution < -0.4 is 9.47 Å². The van der Waals surface area contributed by atoms with Gasteiger partial charge in [0, 0.05) is 0 Å². The molecule has 0 saturated heterocycles. The van der Waals surface area contributed by atoms with Gasteiger partial charge in [-0.1, -0.05) is 0 Å². The zero-order valence-corrected chi connectivity index (χ0v) is 15.2. The number of halogens is 2. The molecule has 0 saturated carbocycles. The van der Waals surface area contributed by atoms with Crippen molar-refractivity contribution in [2.45, 2.75) is 6.42 Å². The molecular weight excluding hydrogens is 371 g/mol. The highest BCUT2D eigenvalue weighted by molar-refractivity contribution is 8.31. The quantitative estimate of drug-likeness (QED) is 0.565. The third-order valence-electron chi connectivity index (χ3n) is 2.58. The van der Waals surface area contributed by atoms with E-state index in [0.717, 1.165) is 0 Å². The van der Waals surface area contributed by atoms with E-state index in [0.29, 0.717) is 17.1 Å². The summed E-state index contributed by atoms with van der Waals surface area (Å²) in [5, 5.41) is 0. The molecule has 1 rings (SSSR count). The van der Waals surface area contributed by atoms with Gasteiger partial charge in [-0.05, 0) is 17.7 Å². The number of hydrogen-bond acceptors (Lipinski definition) is 7. The summed E-state index contributed by atoms with van der Waals surface area (Å²) in [5.74, 6) is -0.206. The Hall–Kier alpha value is -1.35. The number of rotatable bonds is 5. The molecule has 0 unspecified atom stereocenters. The summed E-state index contributed by atoms with van der Waals surface area (Å²) in [6, 6.07) is 3.03. The summed E-state index contributed by atoms with van der Waals surface area (Å²) in [6.45, 7) is 0. The van der Waals surface area contributed by atoms with Gasteiger partial charge >= 0.3 is 11.9 Å².